The number of nitrogens with zero attached hydrogens (tertiary/aromatic N) is 4. The summed E-state index contributed by atoms with van der Waals surface area (Å²) in [6, 6.07) is 10.9. The van der Waals surface area contributed by atoms with Gasteiger partial charge in [0.05, 0.1) is 44.9 Å². The molecule has 314 valence electrons. The number of fused-ring (bicyclic) bond motifs is 4. The lowest BCUT2D eigenvalue weighted by Gasteiger charge is -2.63. The fourth-order valence-corrected chi connectivity index (χ4v) is 15.1. The zero-order valence-electron chi connectivity index (χ0n) is 35.1. The van der Waals surface area contributed by atoms with Crippen molar-refractivity contribution in [3.8, 4) is 5.75 Å². The number of rotatable bonds is 7. The van der Waals surface area contributed by atoms with Crippen LogP contribution in [0.1, 0.15) is 69.6 Å². The first-order chi connectivity index (χ1) is 28.3. The van der Waals surface area contributed by atoms with Crippen molar-refractivity contribution in [3.63, 3.8) is 0 Å². The molecule has 4 unspecified atom stereocenters. The van der Waals surface area contributed by atoms with Gasteiger partial charge in [0.15, 0.2) is 6.10 Å². The van der Waals surface area contributed by atoms with Gasteiger partial charge in [-0.2, -0.15) is 0 Å². The van der Waals surface area contributed by atoms with E-state index in [9.17, 15) is 19.8 Å². The minimum atomic E-state index is -2.31. The molecule has 0 radical (unpaired) electrons. The maximum Gasteiger partial charge on any atom is 0.344 e. The number of aliphatic hydroxyl groups excluding tert-OH is 1. The third kappa shape index (κ3) is 4.21. The standard InChI is InChI=1S/C46H56N4O9/c1-8-41-15-12-18-50-20-16-43(36(41)50)29-21-30(33(56-5)22-32(29)48(4)37(43)46(55,40(54)58-7)38(41)59-26(3)51)44(39(53)57-6)23-27-24-49-19-17-45(42(9-2,25-49)34(27)52)28-13-10-11-14-31(28)47-35(44)45/h10-15,21-22,27,34,36-38,52,55H,8-9,16-20,23-25H2,1-7H3/t27?,34?,36-,37+,38+,41+,42?,43+,44-,45+,46-/m0/s1. The van der Waals surface area contributed by atoms with E-state index in [2.05, 4.69) is 41.0 Å². The highest BCUT2D eigenvalue weighted by Gasteiger charge is 2.81. The first-order valence-corrected chi connectivity index (χ1v) is 21.3. The average Bonchev–Trinajstić information content (AvgIpc) is 3.88. The van der Waals surface area contributed by atoms with Crippen molar-refractivity contribution in [2.24, 2.45) is 21.7 Å². The van der Waals surface area contributed by atoms with Crippen molar-refractivity contribution < 1.29 is 43.5 Å². The van der Waals surface area contributed by atoms with Gasteiger partial charge < -0.3 is 39.0 Å². The molecule has 3 bridgehead atoms. The molecular weight excluding hydrogens is 753 g/mol. The molecule has 59 heavy (non-hydrogen) atoms. The molecule has 12 atom stereocenters. The number of piperidine rings is 2. The fourth-order valence-electron chi connectivity index (χ4n) is 15.1. The molecule has 6 aliphatic heterocycles. The Kier molecular flexibility index (Phi) is 8.32. The molecule has 2 aliphatic carbocycles. The number of carbonyl (C=O) groups excluding carboxylic acids is 3. The number of anilines is 1. The molecular formula is C46H56N4O9. The lowest BCUT2D eigenvalue weighted by atomic mass is 9.47. The number of hydrogen-bond acceptors (Lipinski definition) is 13. The van der Waals surface area contributed by atoms with Crippen LogP contribution in [0.2, 0.25) is 0 Å². The Morgan fingerprint density at radius 3 is 2.41 bits per heavy atom. The normalized spacial score (nSPS) is 41.8. The minimum absolute atomic E-state index is 0.243. The molecule has 13 heteroatoms. The van der Waals surface area contributed by atoms with Crippen LogP contribution in [0.4, 0.5) is 11.4 Å². The molecule has 3 saturated heterocycles. The molecule has 5 fully saturated rings. The molecule has 2 aromatic rings. The van der Waals surface area contributed by atoms with Crippen LogP contribution >= 0.6 is 0 Å². The van der Waals surface area contributed by atoms with Crippen LogP contribution in [0.3, 0.4) is 0 Å². The van der Waals surface area contributed by atoms with Gasteiger partial charge in [-0.05, 0) is 74.4 Å². The summed E-state index contributed by atoms with van der Waals surface area (Å²) < 4.78 is 24.0. The second-order valence-corrected chi connectivity index (χ2v) is 18.6. The summed E-state index contributed by atoms with van der Waals surface area (Å²) in [7, 11) is 6.14. The van der Waals surface area contributed by atoms with Gasteiger partial charge >= 0.3 is 17.9 Å². The number of aliphatic hydroxyl groups is 2. The number of hydrogen-bond donors (Lipinski definition) is 2. The van der Waals surface area contributed by atoms with Crippen LogP contribution in [0, 0.1) is 16.7 Å². The summed E-state index contributed by atoms with van der Waals surface area (Å²) >= 11 is 0. The van der Waals surface area contributed by atoms with E-state index in [1.807, 2.05) is 43.1 Å². The SMILES string of the molecule is CCC12CN3CC[C@@]14C(=Nc1ccccc14)[C@@](C(=O)OC)(c1cc4c(cc1OC)N(C)[C@H]1[C@@](O)(C(=O)OC)[C@H](OC(C)=O)[C@]5(CC)C=CCN6CC[C@]41[C@@H]65)CC(C3)C2O. The first kappa shape index (κ1) is 38.9. The molecule has 13 nitrogen and oxygen atoms in total. The van der Waals surface area contributed by atoms with Gasteiger partial charge in [-0.25, -0.2) is 4.79 Å². The Morgan fingerprint density at radius 1 is 0.949 bits per heavy atom. The maximum absolute atomic E-state index is 15.4. The van der Waals surface area contributed by atoms with Crippen molar-refractivity contribution in [2.45, 2.75) is 99.0 Å². The van der Waals surface area contributed by atoms with Gasteiger partial charge in [0.1, 0.15) is 11.2 Å². The molecule has 0 amide bonds. The second-order valence-electron chi connectivity index (χ2n) is 18.6. The van der Waals surface area contributed by atoms with Gasteiger partial charge in [-0.3, -0.25) is 19.5 Å². The first-order valence-electron chi connectivity index (χ1n) is 21.3. The zero-order chi connectivity index (χ0) is 41.7. The zero-order valence-corrected chi connectivity index (χ0v) is 35.1. The number of carbonyl (C=O) groups is 3. The Hall–Kier alpha value is -4.30. The van der Waals surface area contributed by atoms with Crippen LogP contribution in [-0.4, -0.2) is 135 Å². The lowest BCUT2D eigenvalue weighted by Crippen LogP contribution is -2.81. The smallest absolute Gasteiger partial charge is 0.344 e. The average molecular weight is 809 g/mol. The third-order valence-corrected chi connectivity index (χ3v) is 17.0. The molecule has 2 saturated carbocycles. The molecule has 2 N–H and O–H groups in total. The molecule has 10 rings (SSSR count). The Bertz CT molecular complexity index is 2250. The van der Waals surface area contributed by atoms with E-state index in [0.717, 1.165) is 29.0 Å². The summed E-state index contributed by atoms with van der Waals surface area (Å²) in [5, 5.41) is 26.2. The highest BCUT2D eigenvalue weighted by molar-refractivity contribution is 6.21. The van der Waals surface area contributed by atoms with Crippen LogP contribution in [0.15, 0.2) is 53.5 Å². The number of likely N-dealkylation sites (N-methyl/N-ethyl adjacent to an activating group) is 1. The number of esters is 3. The highest BCUT2D eigenvalue weighted by atomic mass is 16.6. The molecule has 6 heterocycles. The largest absolute Gasteiger partial charge is 0.496 e. The van der Waals surface area contributed by atoms with E-state index < -0.39 is 68.8 Å². The molecule has 2 aromatic carbocycles. The summed E-state index contributed by atoms with van der Waals surface area (Å²) in [4.78, 5) is 55.2. The number of methoxy groups -OCH3 is 3. The van der Waals surface area contributed by atoms with Crippen LogP contribution in [0.5, 0.6) is 5.75 Å². The van der Waals surface area contributed by atoms with Crippen LogP contribution in [-0.2, 0) is 44.8 Å². The summed E-state index contributed by atoms with van der Waals surface area (Å²) in [5.74, 6) is -1.81. The van der Waals surface area contributed by atoms with E-state index in [1.54, 1.807) is 7.11 Å². The fraction of sp³-hybridized carbons (Fsp3) is 0.609. The van der Waals surface area contributed by atoms with Gasteiger partial charge in [-0.15, -0.1) is 0 Å². The monoisotopic (exact) mass is 808 g/mol. The second kappa shape index (κ2) is 12.6. The van der Waals surface area contributed by atoms with E-state index in [0.29, 0.717) is 68.9 Å². The Labute approximate surface area is 345 Å². The van der Waals surface area contributed by atoms with Crippen LogP contribution < -0.4 is 9.64 Å². The highest BCUT2D eigenvalue weighted by Crippen LogP contribution is 2.70. The van der Waals surface area contributed by atoms with Gasteiger partial charge in [-0.1, -0.05) is 44.2 Å². The van der Waals surface area contributed by atoms with Crippen molar-refractivity contribution >= 4 is 35.0 Å². The molecule has 8 aliphatic rings. The Morgan fingerprint density at radius 2 is 1.71 bits per heavy atom. The summed E-state index contributed by atoms with van der Waals surface area (Å²) in [6.45, 7) is 8.88. The third-order valence-electron chi connectivity index (χ3n) is 17.0. The number of aliphatic imine (C=N–C) groups is 1. The van der Waals surface area contributed by atoms with Crippen molar-refractivity contribution in [2.75, 3.05) is 66.0 Å². The minimum Gasteiger partial charge on any atom is -0.496 e. The maximum atomic E-state index is 15.4. The van der Waals surface area contributed by atoms with Crippen molar-refractivity contribution in [3.05, 3.63) is 65.2 Å². The van der Waals surface area contributed by atoms with E-state index in [1.165, 1.54) is 21.1 Å². The topological polar surface area (TPSA) is 151 Å². The van der Waals surface area contributed by atoms with Crippen molar-refractivity contribution in [1.29, 1.82) is 0 Å². The Balaban J connectivity index is 1.30. The molecule has 0 aromatic heterocycles. The van der Waals surface area contributed by atoms with Gasteiger partial charge in [0.25, 0.3) is 0 Å². The molecule has 2 spiro atoms. The van der Waals surface area contributed by atoms with E-state index in [4.69, 9.17) is 23.9 Å². The predicted molar refractivity (Wildman–Crippen MR) is 218 cm³/mol. The lowest BCUT2D eigenvalue weighted by molar-refractivity contribution is -0.228. The number of ether oxygens (including phenoxy) is 4. The number of para-hydroxylation sites is 1. The summed E-state index contributed by atoms with van der Waals surface area (Å²) in [5.41, 5.74) is -2.41. The van der Waals surface area contributed by atoms with Crippen LogP contribution in [0.25, 0.3) is 0 Å². The van der Waals surface area contributed by atoms with E-state index in [-0.39, 0.29) is 18.4 Å². The quantitative estimate of drug-likeness (QED) is 0.239. The van der Waals surface area contributed by atoms with Crippen molar-refractivity contribution in [1.82, 2.24) is 9.80 Å². The number of benzene rings is 2. The van der Waals surface area contributed by atoms with Gasteiger partial charge in [0, 0.05) is 78.6 Å². The summed E-state index contributed by atoms with van der Waals surface area (Å²) in [6.07, 6.45) is 4.73. The van der Waals surface area contributed by atoms with E-state index >= 15 is 4.79 Å². The predicted octanol–water partition coefficient (Wildman–Crippen LogP) is 3.57. The van der Waals surface area contributed by atoms with Gasteiger partial charge in [0.2, 0.25) is 5.60 Å².